The summed E-state index contributed by atoms with van der Waals surface area (Å²) in [5.41, 5.74) is 2.34. The number of rotatable bonds is 4. The molecule has 15 heavy (non-hydrogen) atoms. The van der Waals surface area contributed by atoms with Crippen LogP contribution in [-0.2, 0) is 0 Å². The zero-order valence-corrected chi connectivity index (χ0v) is 9.60. The van der Waals surface area contributed by atoms with Crippen molar-refractivity contribution in [2.24, 2.45) is 0 Å². The van der Waals surface area contributed by atoms with Crippen LogP contribution in [0.15, 0.2) is 5.51 Å². The normalized spacial score (nSPS) is 11.8. The molecule has 4 nitrogen and oxygen atoms in total. The molecule has 5 heteroatoms. The Bertz CT molecular complexity index is 380. The van der Waals surface area contributed by atoms with Gasteiger partial charge in [0.15, 0.2) is 0 Å². The number of aryl methyl sites for hydroxylation is 1. The average molecular weight is 223 g/mol. The number of hydrogen-bond acceptors (Lipinski definition) is 4. The van der Waals surface area contributed by atoms with Crippen LogP contribution in [0.5, 0.6) is 0 Å². The maximum absolute atomic E-state index is 11.7. The van der Waals surface area contributed by atoms with E-state index in [-0.39, 0.29) is 5.91 Å². The van der Waals surface area contributed by atoms with Crippen LogP contribution in [0, 0.1) is 18.3 Å². The molecule has 0 spiro atoms. The molecule has 1 heterocycles. The minimum atomic E-state index is -0.399. The van der Waals surface area contributed by atoms with Crippen LogP contribution in [0.2, 0.25) is 0 Å². The van der Waals surface area contributed by atoms with Crippen molar-refractivity contribution < 1.29 is 4.79 Å². The zero-order chi connectivity index (χ0) is 11.3. The maximum Gasteiger partial charge on any atom is 0.264 e. The fourth-order valence-corrected chi connectivity index (χ4v) is 1.91. The molecule has 1 atom stereocenters. The van der Waals surface area contributed by atoms with E-state index in [1.54, 1.807) is 12.4 Å². The molecule has 1 N–H and O–H groups in total. The van der Waals surface area contributed by atoms with E-state index in [2.05, 4.69) is 16.4 Å². The quantitative estimate of drug-likeness (QED) is 0.847. The fourth-order valence-electron chi connectivity index (χ4n) is 1.20. The van der Waals surface area contributed by atoms with Gasteiger partial charge < -0.3 is 5.32 Å². The average Bonchev–Trinajstić information content (AvgIpc) is 2.63. The standard InChI is InChI=1S/C10H13N3OS/c1-3-4-8(5-11)13-10(14)9-7(2)12-6-15-9/h6,8H,3-4H2,1-2H3,(H,13,14)/t8-/m1/s1. The highest BCUT2D eigenvalue weighted by Gasteiger charge is 2.15. The summed E-state index contributed by atoms with van der Waals surface area (Å²) in [5.74, 6) is -0.199. The second kappa shape index (κ2) is 5.47. The predicted octanol–water partition coefficient (Wildman–Crippen LogP) is 1.87. The lowest BCUT2D eigenvalue weighted by molar-refractivity contribution is 0.0947. The van der Waals surface area contributed by atoms with Crippen LogP contribution in [0.4, 0.5) is 0 Å². The summed E-state index contributed by atoms with van der Waals surface area (Å²) in [6.45, 7) is 3.76. The summed E-state index contributed by atoms with van der Waals surface area (Å²) in [5, 5.41) is 11.5. The molecule has 1 aromatic heterocycles. The largest absolute Gasteiger partial charge is 0.336 e. The topological polar surface area (TPSA) is 65.8 Å². The smallest absolute Gasteiger partial charge is 0.264 e. The third-order valence-electron chi connectivity index (χ3n) is 1.99. The number of carbonyl (C=O) groups excluding carboxylic acids is 1. The number of nitrogens with one attached hydrogen (secondary N) is 1. The summed E-state index contributed by atoms with van der Waals surface area (Å²) in [6, 6.07) is 1.67. The minimum Gasteiger partial charge on any atom is -0.336 e. The first-order chi connectivity index (χ1) is 7.19. The minimum absolute atomic E-state index is 0.199. The van der Waals surface area contributed by atoms with Crippen LogP contribution in [0.3, 0.4) is 0 Å². The second-order valence-corrected chi connectivity index (χ2v) is 4.07. The molecule has 0 bridgehead atoms. The molecule has 0 aromatic carbocycles. The van der Waals surface area contributed by atoms with Crippen molar-refractivity contribution in [3.8, 4) is 6.07 Å². The van der Waals surface area contributed by atoms with Gasteiger partial charge in [-0.3, -0.25) is 4.79 Å². The molecular weight excluding hydrogens is 210 g/mol. The van der Waals surface area contributed by atoms with Crippen LogP contribution < -0.4 is 5.32 Å². The zero-order valence-electron chi connectivity index (χ0n) is 8.78. The summed E-state index contributed by atoms with van der Waals surface area (Å²) in [6.07, 6.45) is 1.56. The van der Waals surface area contributed by atoms with Crippen LogP contribution in [0.25, 0.3) is 0 Å². The van der Waals surface area contributed by atoms with Gasteiger partial charge in [-0.15, -0.1) is 11.3 Å². The molecule has 1 amide bonds. The number of hydrogen-bond donors (Lipinski definition) is 1. The molecule has 0 aliphatic heterocycles. The van der Waals surface area contributed by atoms with E-state index < -0.39 is 6.04 Å². The van der Waals surface area contributed by atoms with Gasteiger partial charge in [-0.05, 0) is 13.3 Å². The monoisotopic (exact) mass is 223 g/mol. The van der Waals surface area contributed by atoms with Gasteiger partial charge in [0.1, 0.15) is 10.9 Å². The van der Waals surface area contributed by atoms with Gasteiger partial charge in [0, 0.05) is 0 Å². The molecule has 80 valence electrons. The van der Waals surface area contributed by atoms with Gasteiger partial charge in [0.05, 0.1) is 17.3 Å². The Morgan fingerprint density at radius 2 is 2.53 bits per heavy atom. The van der Waals surface area contributed by atoms with Gasteiger partial charge in [0.25, 0.3) is 5.91 Å². The van der Waals surface area contributed by atoms with Gasteiger partial charge in [-0.2, -0.15) is 5.26 Å². The summed E-state index contributed by atoms with van der Waals surface area (Å²) >= 11 is 1.30. The lowest BCUT2D eigenvalue weighted by Crippen LogP contribution is -2.33. The number of carbonyl (C=O) groups is 1. The van der Waals surface area contributed by atoms with Crippen LogP contribution >= 0.6 is 11.3 Å². The van der Waals surface area contributed by atoms with E-state index in [0.29, 0.717) is 17.0 Å². The van der Waals surface area contributed by atoms with Crippen molar-refractivity contribution in [2.45, 2.75) is 32.7 Å². The molecule has 0 aliphatic carbocycles. The molecule has 1 rings (SSSR count). The number of aromatic nitrogens is 1. The highest BCUT2D eigenvalue weighted by atomic mass is 32.1. The number of amides is 1. The van der Waals surface area contributed by atoms with Crippen molar-refractivity contribution in [1.82, 2.24) is 10.3 Å². The highest BCUT2D eigenvalue weighted by Crippen LogP contribution is 2.12. The third-order valence-corrected chi connectivity index (χ3v) is 2.92. The van der Waals surface area contributed by atoms with E-state index >= 15 is 0 Å². The van der Waals surface area contributed by atoms with Gasteiger partial charge in [0.2, 0.25) is 0 Å². The van der Waals surface area contributed by atoms with Crippen molar-refractivity contribution >= 4 is 17.2 Å². The fraction of sp³-hybridized carbons (Fsp3) is 0.500. The Hall–Kier alpha value is -1.41. The SMILES string of the molecule is CCC[C@H](C#N)NC(=O)c1scnc1C. The van der Waals surface area contributed by atoms with E-state index in [0.717, 1.165) is 6.42 Å². The van der Waals surface area contributed by atoms with E-state index in [9.17, 15) is 4.79 Å². The molecule has 0 radical (unpaired) electrons. The van der Waals surface area contributed by atoms with Crippen molar-refractivity contribution in [3.05, 3.63) is 16.1 Å². The molecule has 1 aromatic rings. The van der Waals surface area contributed by atoms with Crippen molar-refractivity contribution in [3.63, 3.8) is 0 Å². The lowest BCUT2D eigenvalue weighted by Gasteiger charge is -2.09. The van der Waals surface area contributed by atoms with Gasteiger partial charge in [-0.1, -0.05) is 13.3 Å². The Labute approximate surface area is 92.9 Å². The van der Waals surface area contributed by atoms with Crippen molar-refractivity contribution in [2.75, 3.05) is 0 Å². The maximum atomic E-state index is 11.7. The first-order valence-corrected chi connectivity index (χ1v) is 5.67. The summed E-state index contributed by atoms with van der Waals surface area (Å²) in [4.78, 5) is 16.3. The Morgan fingerprint density at radius 3 is 3.00 bits per heavy atom. The molecule has 0 aliphatic rings. The van der Waals surface area contributed by atoms with E-state index in [1.807, 2.05) is 6.92 Å². The Balaban J connectivity index is 2.64. The molecule has 0 saturated heterocycles. The van der Waals surface area contributed by atoms with Crippen LogP contribution in [-0.4, -0.2) is 16.9 Å². The van der Waals surface area contributed by atoms with Gasteiger partial charge in [-0.25, -0.2) is 4.98 Å². The number of thiazole rings is 1. The van der Waals surface area contributed by atoms with E-state index in [1.165, 1.54) is 11.3 Å². The molecular formula is C10H13N3OS. The van der Waals surface area contributed by atoms with Crippen molar-refractivity contribution in [1.29, 1.82) is 5.26 Å². The predicted molar refractivity (Wildman–Crippen MR) is 58.6 cm³/mol. The first kappa shape index (κ1) is 11.7. The molecule has 0 fully saturated rings. The second-order valence-electron chi connectivity index (χ2n) is 3.21. The molecule has 0 saturated carbocycles. The number of nitriles is 1. The highest BCUT2D eigenvalue weighted by molar-refractivity contribution is 7.11. The lowest BCUT2D eigenvalue weighted by atomic mass is 10.2. The third kappa shape index (κ3) is 3.03. The summed E-state index contributed by atoms with van der Waals surface area (Å²) < 4.78 is 0. The van der Waals surface area contributed by atoms with Gasteiger partial charge >= 0.3 is 0 Å². The first-order valence-electron chi connectivity index (χ1n) is 4.79. The summed E-state index contributed by atoms with van der Waals surface area (Å²) in [7, 11) is 0. The van der Waals surface area contributed by atoms with Crippen LogP contribution in [0.1, 0.15) is 35.1 Å². The van der Waals surface area contributed by atoms with E-state index in [4.69, 9.17) is 5.26 Å². The Morgan fingerprint density at radius 1 is 1.80 bits per heavy atom. The Kier molecular flexibility index (Phi) is 4.25. The number of nitrogens with zero attached hydrogens (tertiary/aromatic N) is 2. The molecule has 0 unspecified atom stereocenters.